The molecule has 0 saturated carbocycles. The van der Waals surface area contributed by atoms with E-state index in [2.05, 4.69) is 14.7 Å². The molecule has 21 heavy (non-hydrogen) atoms. The summed E-state index contributed by atoms with van der Waals surface area (Å²) in [5, 5.41) is 14.2. The topological polar surface area (TPSA) is 81.2 Å². The minimum Gasteiger partial charge on any atom is -0.481 e. The lowest BCUT2D eigenvalue weighted by molar-refractivity contribution is -0.138. The van der Waals surface area contributed by atoms with Gasteiger partial charge >= 0.3 is 5.97 Å². The Kier molecular flexibility index (Phi) is 2.42. The van der Waals surface area contributed by atoms with Crippen molar-refractivity contribution in [3.05, 3.63) is 35.9 Å². The van der Waals surface area contributed by atoms with Crippen molar-refractivity contribution < 1.29 is 14.4 Å². The van der Waals surface area contributed by atoms with Crippen LogP contribution in [0.3, 0.4) is 0 Å². The van der Waals surface area contributed by atoms with Crippen LogP contribution in [0.15, 0.2) is 28.8 Å². The number of hydrogen-bond acceptors (Lipinski definition) is 4. The summed E-state index contributed by atoms with van der Waals surface area (Å²) in [7, 11) is 0. The Morgan fingerprint density at radius 2 is 2.29 bits per heavy atom. The van der Waals surface area contributed by atoms with Crippen LogP contribution in [0.5, 0.6) is 0 Å². The van der Waals surface area contributed by atoms with Gasteiger partial charge in [0.05, 0.1) is 5.92 Å². The molecular weight excluding hydrogens is 270 g/mol. The Morgan fingerprint density at radius 3 is 3.00 bits per heavy atom. The van der Waals surface area contributed by atoms with Crippen molar-refractivity contribution in [3.8, 4) is 11.4 Å². The molecule has 6 nitrogen and oxygen atoms in total. The van der Waals surface area contributed by atoms with Crippen molar-refractivity contribution in [2.75, 3.05) is 0 Å². The van der Waals surface area contributed by atoms with Crippen LogP contribution in [-0.2, 0) is 11.3 Å². The van der Waals surface area contributed by atoms with Crippen molar-refractivity contribution in [2.45, 2.75) is 25.8 Å². The Labute approximate surface area is 120 Å². The zero-order valence-electron chi connectivity index (χ0n) is 11.4. The van der Waals surface area contributed by atoms with Gasteiger partial charge in [-0.15, -0.1) is 0 Å². The molecule has 6 heteroatoms. The predicted octanol–water partition coefficient (Wildman–Crippen LogP) is 2.57. The molecule has 0 unspecified atom stereocenters. The molecule has 1 atom stereocenters. The highest BCUT2D eigenvalue weighted by Gasteiger charge is 2.30. The van der Waals surface area contributed by atoms with Crippen molar-refractivity contribution in [3.63, 3.8) is 0 Å². The van der Waals surface area contributed by atoms with Gasteiger partial charge in [0.2, 0.25) is 11.7 Å². The molecule has 1 aliphatic rings. The van der Waals surface area contributed by atoms with E-state index in [-0.39, 0.29) is 0 Å². The summed E-state index contributed by atoms with van der Waals surface area (Å²) in [6, 6.07) is 7.86. The summed E-state index contributed by atoms with van der Waals surface area (Å²) < 4.78 is 7.08. The van der Waals surface area contributed by atoms with Gasteiger partial charge in [-0.05, 0) is 30.7 Å². The van der Waals surface area contributed by atoms with Gasteiger partial charge in [0.25, 0.3) is 0 Å². The molecule has 0 saturated heterocycles. The molecule has 0 bridgehead atoms. The van der Waals surface area contributed by atoms with Gasteiger partial charge in [-0.25, -0.2) is 0 Å². The van der Waals surface area contributed by atoms with Crippen LogP contribution in [0.1, 0.15) is 23.9 Å². The zero-order valence-corrected chi connectivity index (χ0v) is 11.4. The fourth-order valence-corrected chi connectivity index (χ4v) is 3.04. The fourth-order valence-electron chi connectivity index (χ4n) is 3.04. The van der Waals surface area contributed by atoms with Crippen molar-refractivity contribution in [1.82, 2.24) is 14.7 Å². The van der Waals surface area contributed by atoms with Gasteiger partial charge in [0.1, 0.15) is 0 Å². The van der Waals surface area contributed by atoms with Crippen molar-refractivity contribution in [2.24, 2.45) is 0 Å². The van der Waals surface area contributed by atoms with E-state index < -0.39 is 11.9 Å². The van der Waals surface area contributed by atoms with E-state index in [1.54, 1.807) is 6.92 Å². The van der Waals surface area contributed by atoms with E-state index >= 15 is 0 Å². The Morgan fingerprint density at radius 1 is 1.43 bits per heavy atom. The third kappa shape index (κ3) is 1.75. The second-order valence-corrected chi connectivity index (χ2v) is 5.31. The van der Waals surface area contributed by atoms with Gasteiger partial charge in [-0.3, -0.25) is 4.79 Å². The van der Waals surface area contributed by atoms with E-state index in [4.69, 9.17) is 4.52 Å². The maximum absolute atomic E-state index is 11.3. The van der Waals surface area contributed by atoms with E-state index in [0.29, 0.717) is 18.1 Å². The van der Waals surface area contributed by atoms with Gasteiger partial charge < -0.3 is 14.2 Å². The molecule has 106 valence electrons. The second-order valence-electron chi connectivity index (χ2n) is 5.31. The highest BCUT2D eigenvalue weighted by molar-refractivity contribution is 5.88. The van der Waals surface area contributed by atoms with Gasteiger partial charge in [0.15, 0.2) is 0 Å². The minimum atomic E-state index is -0.759. The summed E-state index contributed by atoms with van der Waals surface area (Å²) in [5.74, 6) is -0.0928. The van der Waals surface area contributed by atoms with Crippen LogP contribution in [0.25, 0.3) is 22.3 Å². The number of aromatic nitrogens is 3. The maximum Gasteiger partial charge on any atom is 0.312 e. The largest absolute Gasteiger partial charge is 0.481 e. The summed E-state index contributed by atoms with van der Waals surface area (Å²) in [4.78, 5) is 15.5. The molecule has 2 aromatic heterocycles. The number of carboxylic acid groups (broad SMARTS) is 1. The number of aliphatic carboxylic acids is 1. The molecule has 0 radical (unpaired) electrons. The van der Waals surface area contributed by atoms with E-state index in [0.717, 1.165) is 28.7 Å². The van der Waals surface area contributed by atoms with Crippen molar-refractivity contribution >= 4 is 16.9 Å². The molecule has 3 heterocycles. The summed E-state index contributed by atoms with van der Waals surface area (Å²) >= 11 is 0. The lowest BCUT2D eigenvalue weighted by Gasteiger charge is -2.01. The van der Waals surface area contributed by atoms with Crippen LogP contribution in [0, 0.1) is 6.92 Å². The molecule has 4 rings (SSSR count). The molecule has 1 aliphatic heterocycles. The Bertz CT molecular complexity index is 862. The van der Waals surface area contributed by atoms with E-state index in [9.17, 15) is 9.90 Å². The third-order valence-electron chi connectivity index (χ3n) is 4.02. The van der Waals surface area contributed by atoms with Crippen molar-refractivity contribution in [1.29, 1.82) is 0 Å². The number of benzene rings is 1. The number of hydrogen-bond donors (Lipinski definition) is 1. The first-order chi connectivity index (χ1) is 10.1. The monoisotopic (exact) mass is 283 g/mol. The summed E-state index contributed by atoms with van der Waals surface area (Å²) in [6.45, 7) is 2.50. The fraction of sp³-hybridized carbons (Fsp3) is 0.267. The van der Waals surface area contributed by atoms with Gasteiger partial charge in [-0.1, -0.05) is 5.16 Å². The lowest BCUT2D eigenvalue weighted by Crippen LogP contribution is -2.07. The first kappa shape index (κ1) is 12.1. The standard InChI is InChI=1S/C15H13N3O3/c1-8-16-14(17-21-8)9-2-3-12-10(6-9)7-13-11(15(19)20)4-5-18(12)13/h2-3,6-7,11H,4-5H2,1H3,(H,19,20)/t11-/m0/s1. The third-order valence-corrected chi connectivity index (χ3v) is 4.02. The molecule has 0 amide bonds. The molecule has 0 spiro atoms. The number of nitrogens with zero attached hydrogens (tertiary/aromatic N) is 3. The molecule has 1 aromatic carbocycles. The van der Waals surface area contributed by atoms with Crippen LogP contribution in [0.4, 0.5) is 0 Å². The first-order valence-electron chi connectivity index (χ1n) is 6.80. The van der Waals surface area contributed by atoms with Gasteiger partial charge in [0, 0.05) is 35.6 Å². The second kappa shape index (κ2) is 4.18. The summed E-state index contributed by atoms with van der Waals surface area (Å²) in [6.07, 6.45) is 0.659. The number of rotatable bonds is 2. The lowest BCUT2D eigenvalue weighted by atomic mass is 10.0. The number of carboxylic acids is 1. The maximum atomic E-state index is 11.3. The molecule has 1 N–H and O–H groups in total. The van der Waals surface area contributed by atoms with E-state index in [1.165, 1.54) is 0 Å². The Hall–Kier alpha value is -2.63. The zero-order chi connectivity index (χ0) is 14.6. The quantitative estimate of drug-likeness (QED) is 0.781. The number of carbonyl (C=O) groups is 1. The minimum absolute atomic E-state index is 0.409. The number of fused-ring (bicyclic) bond motifs is 3. The van der Waals surface area contributed by atoms with Gasteiger partial charge in [-0.2, -0.15) is 4.98 Å². The van der Waals surface area contributed by atoms with Crippen LogP contribution in [0.2, 0.25) is 0 Å². The highest BCUT2D eigenvalue weighted by Crippen LogP contribution is 2.35. The van der Waals surface area contributed by atoms with Crippen LogP contribution >= 0.6 is 0 Å². The number of aryl methyl sites for hydroxylation is 2. The normalized spacial score (nSPS) is 17.3. The van der Waals surface area contributed by atoms with E-state index in [1.807, 2.05) is 24.3 Å². The van der Waals surface area contributed by atoms with Crippen LogP contribution in [-0.4, -0.2) is 25.8 Å². The molecule has 3 aromatic rings. The molecular formula is C15H13N3O3. The first-order valence-corrected chi connectivity index (χ1v) is 6.80. The smallest absolute Gasteiger partial charge is 0.312 e. The summed E-state index contributed by atoms with van der Waals surface area (Å²) in [5.41, 5.74) is 2.80. The Balaban J connectivity index is 1.85. The predicted molar refractivity (Wildman–Crippen MR) is 75.0 cm³/mol. The van der Waals surface area contributed by atoms with Crippen LogP contribution < -0.4 is 0 Å². The SMILES string of the molecule is Cc1nc(-c2ccc3c(c2)cc2n3CC[C@@H]2C(=O)O)no1. The molecule has 0 fully saturated rings. The average Bonchev–Trinajstić information content (AvgIpc) is 3.11. The molecule has 0 aliphatic carbocycles. The average molecular weight is 283 g/mol. The highest BCUT2D eigenvalue weighted by atomic mass is 16.5.